The molecule has 2 aromatic carbocycles. The van der Waals surface area contributed by atoms with Crippen LogP contribution >= 0.6 is 0 Å². The Morgan fingerprint density at radius 2 is 2.00 bits per heavy atom. The maximum atomic E-state index is 13.3. The van der Waals surface area contributed by atoms with Gasteiger partial charge in [-0.1, -0.05) is 12.1 Å². The minimum atomic E-state index is -3.51. The summed E-state index contributed by atoms with van der Waals surface area (Å²) in [7, 11) is -3.51. The number of para-hydroxylation sites is 2. The summed E-state index contributed by atoms with van der Waals surface area (Å²) in [4.78, 5) is 8.58. The summed E-state index contributed by atoms with van der Waals surface area (Å²) in [5, 5.41) is 0. The van der Waals surface area contributed by atoms with Crippen molar-refractivity contribution < 1.29 is 17.2 Å². The number of benzene rings is 2. The molecule has 156 valence electrons. The lowest BCUT2D eigenvalue weighted by Gasteiger charge is -2.29. The number of oxazole rings is 1. The van der Waals surface area contributed by atoms with Crippen LogP contribution in [0.4, 0.5) is 21.8 Å². The number of hydrogen-bond donors (Lipinski definition) is 1. The molecule has 0 radical (unpaired) electrons. The van der Waals surface area contributed by atoms with E-state index in [9.17, 15) is 12.8 Å². The molecule has 2 aliphatic rings. The second-order valence-corrected chi connectivity index (χ2v) is 9.42. The summed E-state index contributed by atoms with van der Waals surface area (Å²) in [6.07, 6.45) is 5.53. The van der Waals surface area contributed by atoms with Crippen molar-refractivity contribution in [3.63, 3.8) is 0 Å². The molecule has 0 amide bonds. The van der Waals surface area contributed by atoms with Gasteiger partial charge in [0.25, 0.3) is 0 Å². The number of rotatable bonds is 4. The molecule has 9 heteroatoms. The first kappa shape index (κ1) is 19.0. The average molecular weight is 428 g/mol. The summed E-state index contributed by atoms with van der Waals surface area (Å²) in [6, 6.07) is 11.7. The monoisotopic (exact) mass is 428 g/mol. The highest BCUT2D eigenvalue weighted by molar-refractivity contribution is 7.94. The van der Waals surface area contributed by atoms with Crippen LogP contribution in [0.2, 0.25) is 0 Å². The molecule has 5 rings (SSSR count). The second-order valence-electron chi connectivity index (χ2n) is 7.82. The summed E-state index contributed by atoms with van der Waals surface area (Å²) in [6.45, 7) is 0.479. The quantitative estimate of drug-likeness (QED) is 0.613. The van der Waals surface area contributed by atoms with Gasteiger partial charge in [-0.3, -0.25) is 9.03 Å². The third-order valence-corrected chi connectivity index (χ3v) is 7.16. The van der Waals surface area contributed by atoms with Crippen molar-refractivity contribution in [1.82, 2.24) is 4.98 Å². The first-order valence-electron chi connectivity index (χ1n) is 9.98. The van der Waals surface area contributed by atoms with Crippen molar-refractivity contribution in [3.8, 4) is 0 Å². The topological polar surface area (TPSA) is 87.8 Å². The van der Waals surface area contributed by atoms with E-state index >= 15 is 0 Å². The maximum Gasteiger partial charge on any atom is 0.324 e. The Kier molecular flexibility index (Phi) is 4.69. The number of aromatic nitrogens is 1. The highest BCUT2D eigenvalue weighted by atomic mass is 32.2. The van der Waals surface area contributed by atoms with Gasteiger partial charge in [0.15, 0.2) is 5.58 Å². The van der Waals surface area contributed by atoms with Gasteiger partial charge >= 0.3 is 16.2 Å². The highest BCUT2D eigenvalue weighted by Gasteiger charge is 2.34. The molecule has 3 aromatic rings. The number of fused-ring (bicyclic) bond motifs is 2. The van der Waals surface area contributed by atoms with E-state index in [-0.39, 0.29) is 17.7 Å². The fourth-order valence-corrected chi connectivity index (χ4v) is 5.55. The predicted octanol–water partition coefficient (Wildman–Crippen LogP) is 4.65. The molecule has 0 saturated heterocycles. The van der Waals surface area contributed by atoms with Crippen molar-refractivity contribution in [2.75, 3.05) is 15.6 Å². The van der Waals surface area contributed by atoms with E-state index in [2.05, 4.69) is 14.7 Å². The van der Waals surface area contributed by atoms with E-state index in [1.165, 1.54) is 16.4 Å². The molecule has 1 N–H and O–H groups in total. The molecule has 1 saturated carbocycles. The molecular formula is C21H21FN4O3S. The van der Waals surface area contributed by atoms with Crippen LogP contribution < -0.4 is 9.03 Å². The molecule has 0 bridgehead atoms. The molecule has 7 nitrogen and oxygen atoms in total. The van der Waals surface area contributed by atoms with Crippen LogP contribution in [-0.4, -0.2) is 26.2 Å². The molecule has 0 spiro atoms. The Morgan fingerprint density at radius 3 is 2.83 bits per heavy atom. The molecule has 1 aliphatic carbocycles. The van der Waals surface area contributed by atoms with E-state index in [0.29, 0.717) is 34.9 Å². The van der Waals surface area contributed by atoms with Crippen LogP contribution in [0.25, 0.3) is 11.1 Å². The Morgan fingerprint density at radius 1 is 1.20 bits per heavy atom. The van der Waals surface area contributed by atoms with Gasteiger partial charge in [-0.05, 0) is 61.8 Å². The minimum absolute atomic E-state index is 0.226. The van der Waals surface area contributed by atoms with Gasteiger partial charge in [0.2, 0.25) is 0 Å². The summed E-state index contributed by atoms with van der Waals surface area (Å²) in [5.74, 6) is 0.212. The smallest absolute Gasteiger partial charge is 0.324 e. The second kappa shape index (κ2) is 7.39. The van der Waals surface area contributed by atoms with Crippen LogP contribution in [0.3, 0.4) is 0 Å². The zero-order chi connectivity index (χ0) is 20.7. The fraction of sp³-hybridized carbons (Fsp3) is 0.333. The Bertz CT molecular complexity index is 1220. The predicted molar refractivity (Wildman–Crippen MR) is 114 cm³/mol. The van der Waals surface area contributed by atoms with Gasteiger partial charge in [0.05, 0.1) is 11.4 Å². The van der Waals surface area contributed by atoms with E-state index in [4.69, 9.17) is 4.42 Å². The van der Waals surface area contributed by atoms with Gasteiger partial charge in [-0.15, -0.1) is 0 Å². The molecule has 1 aliphatic heterocycles. The van der Waals surface area contributed by atoms with Crippen molar-refractivity contribution in [2.24, 2.45) is 16.8 Å². The van der Waals surface area contributed by atoms with Gasteiger partial charge in [-0.25, -0.2) is 9.38 Å². The molecule has 0 unspecified atom stereocenters. The average Bonchev–Trinajstić information content (AvgIpc) is 3.24. The van der Waals surface area contributed by atoms with Crippen LogP contribution in [-0.2, 0) is 10.2 Å². The Hall–Kier alpha value is -2.94. The molecule has 30 heavy (non-hydrogen) atoms. The summed E-state index contributed by atoms with van der Waals surface area (Å²) >= 11 is 0. The standard InChI is InChI=1S/C21H21FN4O3S/c22-16-9-10-18-20(11-16)29-21(24-18)23-12-14-5-7-15(8-6-14)13-26-19-4-2-1-3-17(19)25-30(26,27)28/h1-4,9-12,14-15,25H,5-8,13H2/b23-12+. The first-order chi connectivity index (χ1) is 14.5. The first-order valence-corrected chi connectivity index (χ1v) is 11.4. The fourth-order valence-electron chi connectivity index (χ4n) is 4.16. The van der Waals surface area contributed by atoms with Crippen molar-refractivity contribution in [1.29, 1.82) is 0 Å². The number of hydrogen-bond acceptors (Lipinski definition) is 5. The molecular weight excluding hydrogens is 407 g/mol. The van der Waals surface area contributed by atoms with E-state index in [0.717, 1.165) is 25.7 Å². The summed E-state index contributed by atoms with van der Waals surface area (Å²) < 4.78 is 47.8. The third kappa shape index (κ3) is 3.65. The zero-order valence-corrected chi connectivity index (χ0v) is 17.0. The largest absolute Gasteiger partial charge is 0.422 e. The van der Waals surface area contributed by atoms with E-state index < -0.39 is 10.2 Å². The number of nitrogens with zero attached hydrogens (tertiary/aromatic N) is 3. The minimum Gasteiger partial charge on any atom is -0.422 e. The normalized spacial score (nSPS) is 23.0. The summed E-state index contributed by atoms with van der Waals surface area (Å²) in [5.41, 5.74) is 2.31. The van der Waals surface area contributed by atoms with Gasteiger partial charge in [0, 0.05) is 18.8 Å². The maximum absolute atomic E-state index is 13.3. The lowest BCUT2D eigenvalue weighted by Crippen LogP contribution is -2.35. The zero-order valence-electron chi connectivity index (χ0n) is 16.2. The van der Waals surface area contributed by atoms with E-state index in [1.54, 1.807) is 12.1 Å². The van der Waals surface area contributed by atoms with Gasteiger partial charge in [0.1, 0.15) is 11.3 Å². The lowest BCUT2D eigenvalue weighted by molar-refractivity contribution is 0.332. The Balaban J connectivity index is 1.21. The third-order valence-electron chi connectivity index (χ3n) is 5.75. The number of nitrogens with one attached hydrogen (secondary N) is 1. The SMILES string of the molecule is O=S1(=O)Nc2ccccc2N1CC1CCC(/C=N/c2nc3ccc(F)cc3o2)CC1. The lowest BCUT2D eigenvalue weighted by atomic mass is 9.82. The van der Waals surface area contributed by atoms with Crippen LogP contribution in [0.1, 0.15) is 25.7 Å². The van der Waals surface area contributed by atoms with Crippen LogP contribution in [0.15, 0.2) is 51.9 Å². The van der Waals surface area contributed by atoms with Crippen molar-refractivity contribution >= 4 is 44.9 Å². The van der Waals surface area contributed by atoms with Crippen LogP contribution in [0, 0.1) is 17.7 Å². The molecule has 1 fully saturated rings. The Labute approximate surface area is 173 Å². The molecule has 2 heterocycles. The van der Waals surface area contributed by atoms with Gasteiger partial charge < -0.3 is 4.42 Å². The van der Waals surface area contributed by atoms with Crippen molar-refractivity contribution in [2.45, 2.75) is 25.7 Å². The highest BCUT2D eigenvalue weighted by Crippen LogP contribution is 2.38. The van der Waals surface area contributed by atoms with E-state index in [1.807, 2.05) is 24.4 Å². The van der Waals surface area contributed by atoms with Crippen molar-refractivity contribution in [3.05, 3.63) is 48.3 Å². The van der Waals surface area contributed by atoms with Crippen LogP contribution in [0.5, 0.6) is 0 Å². The number of anilines is 2. The van der Waals surface area contributed by atoms with Gasteiger partial charge in [-0.2, -0.15) is 13.4 Å². The number of aliphatic imine (C=N–C) groups is 1. The molecule has 1 aromatic heterocycles. The molecule has 0 atom stereocenters. The number of halogens is 1.